The minimum atomic E-state index is -0.903. The number of hydrogen-bond donors (Lipinski definition) is 2. The molecule has 6 nitrogen and oxygen atoms in total. The number of aliphatic carboxylic acids is 1. The average molecular weight is 260 g/mol. The Bertz CT molecular complexity index is 271. The van der Waals surface area contributed by atoms with Crippen molar-refractivity contribution < 1.29 is 19.8 Å². The number of carboxylic acids is 1. The van der Waals surface area contributed by atoms with Gasteiger partial charge in [0.1, 0.15) is 0 Å². The van der Waals surface area contributed by atoms with Gasteiger partial charge in [0.2, 0.25) is 0 Å². The second-order valence-corrected chi connectivity index (χ2v) is 4.22. The molecule has 6 heteroatoms. The molecule has 0 rings (SSSR count). The number of nitrogens with zero attached hydrogens (tertiary/aromatic N) is 2. The van der Waals surface area contributed by atoms with E-state index in [4.69, 9.17) is 10.2 Å². The summed E-state index contributed by atoms with van der Waals surface area (Å²) in [5.41, 5.74) is 0. The monoisotopic (exact) mass is 260 g/mol. The van der Waals surface area contributed by atoms with Crippen molar-refractivity contribution in [1.29, 1.82) is 0 Å². The second kappa shape index (κ2) is 8.74. The van der Waals surface area contributed by atoms with Crippen LogP contribution in [-0.4, -0.2) is 64.8 Å². The van der Waals surface area contributed by atoms with Crippen molar-refractivity contribution in [3.8, 4) is 0 Å². The second-order valence-electron chi connectivity index (χ2n) is 4.22. The lowest BCUT2D eigenvalue weighted by Crippen LogP contribution is -2.46. The lowest BCUT2D eigenvalue weighted by Gasteiger charge is -2.30. The first-order chi connectivity index (χ1) is 8.47. The van der Waals surface area contributed by atoms with Crippen LogP contribution in [0.2, 0.25) is 0 Å². The summed E-state index contributed by atoms with van der Waals surface area (Å²) >= 11 is 0. The Hall–Kier alpha value is -1.30. The average Bonchev–Trinajstić information content (AvgIpc) is 2.35. The Morgan fingerprint density at radius 2 is 1.72 bits per heavy atom. The first-order valence-electron chi connectivity index (χ1n) is 6.35. The van der Waals surface area contributed by atoms with E-state index >= 15 is 0 Å². The Kier molecular flexibility index (Phi) is 8.11. The van der Waals surface area contributed by atoms with Crippen molar-refractivity contribution in [1.82, 2.24) is 9.80 Å². The topological polar surface area (TPSA) is 81.1 Å². The smallest absolute Gasteiger partial charge is 0.320 e. The Balaban J connectivity index is 4.51. The van der Waals surface area contributed by atoms with Crippen molar-refractivity contribution in [2.24, 2.45) is 5.92 Å². The van der Waals surface area contributed by atoms with Gasteiger partial charge in [0, 0.05) is 32.8 Å². The van der Waals surface area contributed by atoms with Crippen LogP contribution in [0, 0.1) is 5.92 Å². The van der Waals surface area contributed by atoms with E-state index in [1.165, 1.54) is 4.90 Å². The number of amides is 2. The van der Waals surface area contributed by atoms with Crippen LogP contribution < -0.4 is 0 Å². The highest BCUT2D eigenvalue weighted by Gasteiger charge is 2.22. The number of rotatable bonds is 8. The molecule has 0 aromatic rings. The maximum absolute atomic E-state index is 12.1. The number of carbonyl (C=O) groups excluding carboxylic acids is 1. The van der Waals surface area contributed by atoms with Crippen LogP contribution in [-0.2, 0) is 4.79 Å². The number of carbonyl (C=O) groups is 2. The largest absolute Gasteiger partial charge is 0.481 e. The first-order valence-corrected chi connectivity index (χ1v) is 6.35. The molecule has 0 saturated carbocycles. The predicted molar refractivity (Wildman–Crippen MR) is 68.4 cm³/mol. The summed E-state index contributed by atoms with van der Waals surface area (Å²) in [6.45, 7) is 7.05. The summed E-state index contributed by atoms with van der Waals surface area (Å²) < 4.78 is 0. The van der Waals surface area contributed by atoms with Crippen LogP contribution in [0.5, 0.6) is 0 Å². The molecular formula is C12H24N2O4. The van der Waals surface area contributed by atoms with Crippen molar-refractivity contribution >= 4 is 12.0 Å². The lowest BCUT2D eigenvalue weighted by atomic mass is 10.2. The summed E-state index contributed by atoms with van der Waals surface area (Å²) in [6.07, 6.45) is 0.533. The molecule has 18 heavy (non-hydrogen) atoms. The molecule has 2 N–H and O–H groups in total. The third-order valence-corrected chi connectivity index (χ3v) is 2.81. The molecule has 106 valence electrons. The standard InChI is InChI=1S/C12H24N2O4/c1-4-13(7-6-8-15)12(18)14(5-2)9-10(3)11(16)17/h10,15H,4-9H2,1-3H3,(H,16,17). The molecule has 0 fully saturated rings. The maximum Gasteiger partial charge on any atom is 0.320 e. The van der Waals surface area contributed by atoms with Crippen molar-refractivity contribution in [2.45, 2.75) is 27.2 Å². The van der Waals surface area contributed by atoms with Gasteiger partial charge in [0.05, 0.1) is 5.92 Å². The molecule has 0 spiro atoms. The van der Waals surface area contributed by atoms with Gasteiger partial charge in [-0.1, -0.05) is 6.92 Å². The van der Waals surface area contributed by atoms with Crippen LogP contribution in [0.25, 0.3) is 0 Å². The number of aliphatic hydroxyl groups excluding tert-OH is 1. The fraction of sp³-hybridized carbons (Fsp3) is 0.833. The lowest BCUT2D eigenvalue weighted by molar-refractivity contribution is -0.141. The van der Waals surface area contributed by atoms with Crippen LogP contribution in [0.3, 0.4) is 0 Å². The fourth-order valence-corrected chi connectivity index (χ4v) is 1.60. The van der Waals surface area contributed by atoms with Gasteiger partial charge in [-0.25, -0.2) is 4.79 Å². The Labute approximate surface area is 108 Å². The minimum Gasteiger partial charge on any atom is -0.481 e. The van der Waals surface area contributed by atoms with E-state index in [9.17, 15) is 9.59 Å². The fourth-order valence-electron chi connectivity index (χ4n) is 1.60. The van der Waals surface area contributed by atoms with Crippen molar-refractivity contribution in [3.63, 3.8) is 0 Å². The zero-order chi connectivity index (χ0) is 14.1. The van der Waals surface area contributed by atoms with E-state index in [0.717, 1.165) is 0 Å². The molecule has 0 aliphatic carbocycles. The number of aliphatic hydroxyl groups is 1. The van der Waals surface area contributed by atoms with E-state index in [1.807, 2.05) is 13.8 Å². The highest BCUT2D eigenvalue weighted by molar-refractivity contribution is 5.76. The van der Waals surface area contributed by atoms with Gasteiger partial charge in [0.15, 0.2) is 0 Å². The first kappa shape index (κ1) is 16.7. The van der Waals surface area contributed by atoms with Gasteiger partial charge in [-0.05, 0) is 20.3 Å². The predicted octanol–water partition coefficient (Wildman–Crippen LogP) is 0.853. The molecule has 0 heterocycles. The SMILES string of the molecule is CCN(CCCO)C(=O)N(CC)CC(C)C(=O)O. The summed E-state index contributed by atoms with van der Waals surface area (Å²) in [7, 11) is 0. The molecule has 0 saturated heterocycles. The van der Waals surface area contributed by atoms with E-state index in [0.29, 0.717) is 26.1 Å². The number of hydrogen-bond acceptors (Lipinski definition) is 3. The molecule has 0 radical (unpaired) electrons. The van der Waals surface area contributed by atoms with Gasteiger partial charge in [-0.15, -0.1) is 0 Å². The van der Waals surface area contributed by atoms with Gasteiger partial charge >= 0.3 is 12.0 Å². The summed E-state index contributed by atoms with van der Waals surface area (Å²) in [5, 5.41) is 17.6. The number of urea groups is 1. The highest BCUT2D eigenvalue weighted by Crippen LogP contribution is 2.05. The Morgan fingerprint density at radius 1 is 1.17 bits per heavy atom. The molecule has 0 aromatic carbocycles. The van der Waals surface area contributed by atoms with E-state index < -0.39 is 11.9 Å². The minimum absolute atomic E-state index is 0.0431. The van der Waals surface area contributed by atoms with E-state index in [-0.39, 0.29) is 19.2 Å². The van der Waals surface area contributed by atoms with Crippen LogP contribution in [0.1, 0.15) is 27.2 Å². The van der Waals surface area contributed by atoms with Crippen molar-refractivity contribution in [3.05, 3.63) is 0 Å². The Morgan fingerprint density at radius 3 is 2.11 bits per heavy atom. The van der Waals surface area contributed by atoms with Gasteiger partial charge in [-0.3, -0.25) is 4.79 Å². The molecule has 2 amide bonds. The molecule has 0 aromatic heterocycles. The molecule has 0 aliphatic rings. The maximum atomic E-state index is 12.1. The zero-order valence-electron chi connectivity index (χ0n) is 11.4. The molecule has 0 aliphatic heterocycles. The third kappa shape index (κ3) is 5.35. The highest BCUT2D eigenvalue weighted by atomic mass is 16.4. The zero-order valence-corrected chi connectivity index (χ0v) is 11.4. The quantitative estimate of drug-likeness (QED) is 0.678. The summed E-state index contributed by atoms with van der Waals surface area (Å²) in [4.78, 5) is 26.1. The van der Waals surface area contributed by atoms with Crippen LogP contribution >= 0.6 is 0 Å². The number of carboxylic acid groups (broad SMARTS) is 1. The molecule has 1 unspecified atom stereocenters. The van der Waals surface area contributed by atoms with Crippen LogP contribution in [0.15, 0.2) is 0 Å². The van der Waals surface area contributed by atoms with Crippen LogP contribution in [0.4, 0.5) is 4.79 Å². The molecule has 0 bridgehead atoms. The normalized spacial score (nSPS) is 12.0. The third-order valence-electron chi connectivity index (χ3n) is 2.81. The molecule has 1 atom stereocenters. The van der Waals surface area contributed by atoms with E-state index in [2.05, 4.69) is 0 Å². The van der Waals surface area contributed by atoms with Gasteiger partial charge in [0.25, 0.3) is 0 Å². The van der Waals surface area contributed by atoms with Gasteiger partial charge < -0.3 is 20.0 Å². The summed E-state index contributed by atoms with van der Waals surface area (Å²) in [6, 6.07) is -0.165. The van der Waals surface area contributed by atoms with Gasteiger partial charge in [-0.2, -0.15) is 0 Å². The molecular weight excluding hydrogens is 236 g/mol. The van der Waals surface area contributed by atoms with Crippen molar-refractivity contribution in [2.75, 3.05) is 32.8 Å². The summed E-state index contributed by atoms with van der Waals surface area (Å²) in [5.74, 6) is -1.48. The van der Waals surface area contributed by atoms with E-state index in [1.54, 1.807) is 11.8 Å².